The van der Waals surface area contributed by atoms with Crippen LogP contribution in [0.25, 0.3) is 0 Å². The lowest BCUT2D eigenvalue weighted by molar-refractivity contribution is -0.271. The van der Waals surface area contributed by atoms with Crippen molar-refractivity contribution in [2.24, 2.45) is 13.0 Å². The second-order valence-corrected chi connectivity index (χ2v) is 6.43. The lowest BCUT2D eigenvalue weighted by Gasteiger charge is -2.31. The molecule has 1 aromatic rings. The van der Waals surface area contributed by atoms with E-state index in [1.807, 2.05) is 0 Å². The van der Waals surface area contributed by atoms with Gasteiger partial charge < -0.3 is 15.0 Å². The van der Waals surface area contributed by atoms with Crippen LogP contribution in [0, 0.1) is 5.92 Å². The second-order valence-electron chi connectivity index (χ2n) is 6.43. The summed E-state index contributed by atoms with van der Waals surface area (Å²) in [6.07, 6.45) is -0.127. The maximum Gasteiger partial charge on any atom is 0.425 e. The Hall–Kier alpha value is -1.57. The number of aliphatic hydroxyl groups is 1. The standard InChI is InChI=1S/C15H22F3N3O2/c1-10-4-3-5-11(8-10)20-12(22)9-14(23,15(16,17)18)13-19-6-7-21(13)2/h6-7,10-11,23H,3-5,8-9H2,1-2H3,(H,20,22). The first-order valence-electron chi connectivity index (χ1n) is 7.69. The minimum absolute atomic E-state index is 0.134. The monoisotopic (exact) mass is 333 g/mol. The van der Waals surface area contributed by atoms with E-state index in [1.165, 1.54) is 13.2 Å². The first-order valence-corrected chi connectivity index (χ1v) is 7.69. The molecule has 1 aromatic heterocycles. The molecular weight excluding hydrogens is 311 g/mol. The number of hydrogen-bond donors (Lipinski definition) is 2. The van der Waals surface area contributed by atoms with Gasteiger partial charge in [-0.05, 0) is 18.8 Å². The maximum absolute atomic E-state index is 13.4. The molecule has 1 saturated carbocycles. The Balaban J connectivity index is 2.12. The van der Waals surface area contributed by atoms with E-state index in [-0.39, 0.29) is 6.04 Å². The molecule has 1 heterocycles. The summed E-state index contributed by atoms with van der Waals surface area (Å²) in [5.74, 6) is -0.964. The van der Waals surface area contributed by atoms with Gasteiger partial charge in [-0.25, -0.2) is 4.98 Å². The predicted molar refractivity (Wildman–Crippen MR) is 77.3 cm³/mol. The molecular formula is C15H22F3N3O2. The van der Waals surface area contributed by atoms with Crippen molar-refractivity contribution in [3.8, 4) is 0 Å². The zero-order valence-corrected chi connectivity index (χ0v) is 13.2. The van der Waals surface area contributed by atoms with Gasteiger partial charge in [0.1, 0.15) is 0 Å². The van der Waals surface area contributed by atoms with Crippen LogP contribution < -0.4 is 5.32 Å². The molecule has 0 bridgehead atoms. The lowest BCUT2D eigenvalue weighted by atomic mass is 9.87. The summed E-state index contributed by atoms with van der Waals surface area (Å²) in [4.78, 5) is 15.7. The third-order valence-corrected chi connectivity index (χ3v) is 4.38. The van der Waals surface area contributed by atoms with Crippen LogP contribution in [0.15, 0.2) is 12.4 Å². The molecule has 0 radical (unpaired) electrons. The third kappa shape index (κ3) is 3.85. The number of rotatable bonds is 4. The summed E-state index contributed by atoms with van der Waals surface area (Å²) in [6.45, 7) is 2.05. The first-order chi connectivity index (χ1) is 10.6. The van der Waals surface area contributed by atoms with Crippen molar-refractivity contribution in [1.29, 1.82) is 0 Å². The number of aryl methyl sites for hydroxylation is 1. The van der Waals surface area contributed by atoms with Crippen LogP contribution in [0.2, 0.25) is 0 Å². The fourth-order valence-corrected chi connectivity index (χ4v) is 3.15. The van der Waals surface area contributed by atoms with E-state index < -0.39 is 29.9 Å². The van der Waals surface area contributed by atoms with Gasteiger partial charge in [-0.3, -0.25) is 4.79 Å². The number of halogens is 3. The van der Waals surface area contributed by atoms with E-state index in [0.29, 0.717) is 5.92 Å². The molecule has 0 spiro atoms. The van der Waals surface area contributed by atoms with Crippen molar-refractivity contribution in [2.45, 2.75) is 56.8 Å². The number of imidazole rings is 1. The average Bonchev–Trinajstić information content (AvgIpc) is 2.83. The number of alkyl halides is 3. The van der Waals surface area contributed by atoms with Crippen molar-refractivity contribution in [3.63, 3.8) is 0 Å². The number of carbonyl (C=O) groups excluding carboxylic acids is 1. The van der Waals surface area contributed by atoms with Gasteiger partial charge in [0.15, 0.2) is 5.82 Å². The van der Waals surface area contributed by atoms with E-state index in [2.05, 4.69) is 17.2 Å². The fraction of sp³-hybridized carbons (Fsp3) is 0.733. The van der Waals surface area contributed by atoms with Crippen molar-refractivity contribution in [3.05, 3.63) is 18.2 Å². The summed E-state index contributed by atoms with van der Waals surface area (Å²) in [7, 11) is 1.35. The van der Waals surface area contributed by atoms with Crippen LogP contribution in [0.3, 0.4) is 0 Å². The van der Waals surface area contributed by atoms with Gasteiger partial charge in [-0.1, -0.05) is 19.8 Å². The van der Waals surface area contributed by atoms with E-state index in [9.17, 15) is 23.1 Å². The summed E-state index contributed by atoms with van der Waals surface area (Å²) in [5.41, 5.74) is -3.30. The molecule has 23 heavy (non-hydrogen) atoms. The Labute approximate surface area is 132 Å². The molecule has 0 aliphatic heterocycles. The summed E-state index contributed by atoms with van der Waals surface area (Å²) in [5, 5.41) is 12.8. The molecule has 130 valence electrons. The Bertz CT molecular complexity index is 558. The van der Waals surface area contributed by atoms with Gasteiger partial charge in [-0.15, -0.1) is 0 Å². The summed E-state index contributed by atoms with van der Waals surface area (Å²) >= 11 is 0. The van der Waals surface area contributed by atoms with Crippen molar-refractivity contribution in [2.75, 3.05) is 0 Å². The normalized spacial score (nSPS) is 25.0. The molecule has 0 saturated heterocycles. The van der Waals surface area contributed by atoms with Crippen LogP contribution in [-0.4, -0.2) is 32.8 Å². The van der Waals surface area contributed by atoms with E-state index in [4.69, 9.17) is 0 Å². The van der Waals surface area contributed by atoms with Crippen LogP contribution >= 0.6 is 0 Å². The average molecular weight is 333 g/mol. The molecule has 8 heteroatoms. The lowest BCUT2D eigenvalue weighted by Crippen LogP contribution is -2.49. The van der Waals surface area contributed by atoms with Crippen molar-refractivity contribution in [1.82, 2.24) is 14.9 Å². The zero-order valence-electron chi connectivity index (χ0n) is 13.2. The highest BCUT2D eigenvalue weighted by molar-refractivity contribution is 5.77. The fourth-order valence-electron chi connectivity index (χ4n) is 3.15. The van der Waals surface area contributed by atoms with E-state index in [0.717, 1.165) is 36.4 Å². The number of nitrogens with one attached hydrogen (secondary N) is 1. The number of amides is 1. The number of carbonyl (C=O) groups is 1. The Morgan fingerprint density at radius 2 is 2.17 bits per heavy atom. The van der Waals surface area contributed by atoms with Gasteiger partial charge in [0, 0.05) is 25.5 Å². The van der Waals surface area contributed by atoms with Crippen LogP contribution in [0.4, 0.5) is 13.2 Å². The largest absolute Gasteiger partial charge is 0.425 e. The summed E-state index contributed by atoms with van der Waals surface area (Å²) in [6, 6.07) is -0.134. The molecule has 1 fully saturated rings. The molecule has 1 aliphatic rings. The quantitative estimate of drug-likeness (QED) is 0.888. The molecule has 1 aliphatic carbocycles. The van der Waals surface area contributed by atoms with Gasteiger partial charge in [-0.2, -0.15) is 13.2 Å². The van der Waals surface area contributed by atoms with Crippen molar-refractivity contribution >= 4 is 5.91 Å². The van der Waals surface area contributed by atoms with Crippen LogP contribution in [0.1, 0.15) is 44.9 Å². The number of hydrogen-bond acceptors (Lipinski definition) is 3. The Morgan fingerprint density at radius 1 is 1.48 bits per heavy atom. The molecule has 2 N–H and O–H groups in total. The highest BCUT2D eigenvalue weighted by Gasteiger charge is 2.58. The molecule has 1 amide bonds. The third-order valence-electron chi connectivity index (χ3n) is 4.38. The smallest absolute Gasteiger partial charge is 0.374 e. The highest BCUT2D eigenvalue weighted by atomic mass is 19.4. The van der Waals surface area contributed by atoms with Crippen molar-refractivity contribution < 1.29 is 23.1 Å². The van der Waals surface area contributed by atoms with Gasteiger partial charge in [0.05, 0.1) is 6.42 Å². The van der Waals surface area contributed by atoms with Gasteiger partial charge >= 0.3 is 6.18 Å². The number of aromatic nitrogens is 2. The zero-order chi connectivity index (χ0) is 17.3. The second kappa shape index (κ2) is 6.51. The van der Waals surface area contributed by atoms with Gasteiger partial charge in [0.2, 0.25) is 11.5 Å². The van der Waals surface area contributed by atoms with E-state index in [1.54, 1.807) is 0 Å². The SMILES string of the molecule is CC1CCCC(NC(=O)CC(O)(c2nccn2C)C(F)(F)F)C1. The topological polar surface area (TPSA) is 67.2 Å². The van der Waals surface area contributed by atoms with E-state index >= 15 is 0 Å². The van der Waals surface area contributed by atoms with Gasteiger partial charge in [0.25, 0.3) is 0 Å². The minimum atomic E-state index is -5.00. The van der Waals surface area contributed by atoms with Crippen LogP contribution in [-0.2, 0) is 17.4 Å². The number of nitrogens with zero attached hydrogens (tertiary/aromatic N) is 2. The molecule has 3 unspecified atom stereocenters. The molecule has 0 aromatic carbocycles. The highest BCUT2D eigenvalue weighted by Crippen LogP contribution is 2.40. The Kier molecular flexibility index (Phi) is 5.03. The maximum atomic E-state index is 13.4. The van der Waals surface area contributed by atoms with Crippen LogP contribution in [0.5, 0.6) is 0 Å². The minimum Gasteiger partial charge on any atom is -0.374 e. The Morgan fingerprint density at radius 3 is 2.70 bits per heavy atom. The molecule has 5 nitrogen and oxygen atoms in total. The molecule has 2 rings (SSSR count). The predicted octanol–water partition coefficient (Wildman–Crippen LogP) is 2.25. The summed E-state index contributed by atoms with van der Waals surface area (Å²) < 4.78 is 41.2. The molecule has 3 atom stereocenters. The first kappa shape index (κ1) is 17.8.